The van der Waals surface area contributed by atoms with E-state index in [1.165, 1.54) is 0 Å². The summed E-state index contributed by atoms with van der Waals surface area (Å²) < 4.78 is 6.99. The Hall–Kier alpha value is -2.41. The van der Waals surface area contributed by atoms with E-state index in [1.807, 2.05) is 16.8 Å². The summed E-state index contributed by atoms with van der Waals surface area (Å²) in [6, 6.07) is 7.07. The summed E-state index contributed by atoms with van der Waals surface area (Å²) in [6.07, 6.45) is 6.41. The molecule has 2 N–H and O–H groups in total. The maximum Gasteiger partial charge on any atom is 0.338 e. The number of carbonyl (C=O) groups excluding carboxylic acids is 1. The topological polar surface area (TPSA) is 68.2 Å². The van der Waals surface area contributed by atoms with Crippen molar-refractivity contribution in [3.63, 3.8) is 0 Å². The average molecular weight is 332 g/mol. The third-order valence-corrected chi connectivity index (χ3v) is 3.32. The number of hydrogen-bond acceptors (Lipinski definition) is 4. The van der Waals surface area contributed by atoms with E-state index in [1.54, 1.807) is 37.6 Å². The van der Waals surface area contributed by atoms with Gasteiger partial charge in [-0.05, 0) is 43.8 Å². The van der Waals surface area contributed by atoms with Crippen molar-refractivity contribution in [2.45, 2.75) is 19.9 Å². The van der Waals surface area contributed by atoms with Gasteiger partial charge in [0.1, 0.15) is 0 Å². The second kappa shape index (κ2) is 8.89. The molecule has 2 rings (SSSR count). The van der Waals surface area contributed by atoms with Crippen LogP contribution >= 0.6 is 12.2 Å². The molecule has 2 aromatic rings. The minimum Gasteiger partial charge on any atom is -0.462 e. The molecular weight excluding hydrogens is 312 g/mol. The first-order chi connectivity index (χ1) is 11.2. The van der Waals surface area contributed by atoms with Crippen molar-refractivity contribution in [2.24, 2.45) is 0 Å². The summed E-state index contributed by atoms with van der Waals surface area (Å²) in [4.78, 5) is 15.7. The Morgan fingerprint density at radius 2 is 2.30 bits per heavy atom. The number of esters is 1. The zero-order valence-corrected chi connectivity index (χ0v) is 13.8. The van der Waals surface area contributed by atoms with Gasteiger partial charge < -0.3 is 19.9 Å². The van der Waals surface area contributed by atoms with Crippen molar-refractivity contribution in [3.8, 4) is 0 Å². The summed E-state index contributed by atoms with van der Waals surface area (Å²) in [6.45, 7) is 3.77. The summed E-state index contributed by atoms with van der Waals surface area (Å²) >= 11 is 5.25. The molecular formula is C16H20N4O2S. The maximum atomic E-state index is 11.7. The van der Waals surface area contributed by atoms with Crippen LogP contribution in [-0.2, 0) is 11.3 Å². The van der Waals surface area contributed by atoms with E-state index >= 15 is 0 Å². The first-order valence-electron chi connectivity index (χ1n) is 7.47. The van der Waals surface area contributed by atoms with E-state index in [2.05, 4.69) is 15.6 Å². The van der Waals surface area contributed by atoms with Crippen LogP contribution in [0, 0.1) is 0 Å². The van der Waals surface area contributed by atoms with Gasteiger partial charge in [0, 0.05) is 31.2 Å². The Kier molecular flexibility index (Phi) is 6.56. The Morgan fingerprint density at radius 1 is 1.43 bits per heavy atom. The van der Waals surface area contributed by atoms with Crippen LogP contribution in [0.5, 0.6) is 0 Å². The Balaban J connectivity index is 1.76. The Bertz CT molecular complexity index is 643. The molecule has 0 bridgehead atoms. The SMILES string of the molecule is CCOC(=O)c1cccc(NC(=S)NCCCn2ccnc2)c1. The number of nitrogens with zero attached hydrogens (tertiary/aromatic N) is 2. The maximum absolute atomic E-state index is 11.7. The molecule has 0 atom stereocenters. The van der Waals surface area contributed by atoms with Crippen LogP contribution in [0.25, 0.3) is 0 Å². The summed E-state index contributed by atoms with van der Waals surface area (Å²) in [5.41, 5.74) is 1.25. The van der Waals surface area contributed by atoms with E-state index in [4.69, 9.17) is 17.0 Å². The first-order valence-corrected chi connectivity index (χ1v) is 7.87. The number of hydrogen-bond donors (Lipinski definition) is 2. The van der Waals surface area contributed by atoms with E-state index in [0.717, 1.165) is 25.2 Å². The normalized spacial score (nSPS) is 10.1. The summed E-state index contributed by atoms with van der Waals surface area (Å²) in [7, 11) is 0. The quantitative estimate of drug-likeness (QED) is 0.461. The van der Waals surface area contributed by atoms with Crippen LogP contribution in [0.4, 0.5) is 5.69 Å². The number of nitrogens with one attached hydrogen (secondary N) is 2. The number of anilines is 1. The molecule has 0 amide bonds. The van der Waals surface area contributed by atoms with Crippen molar-refractivity contribution < 1.29 is 9.53 Å². The minimum atomic E-state index is -0.338. The van der Waals surface area contributed by atoms with E-state index in [0.29, 0.717) is 17.3 Å². The lowest BCUT2D eigenvalue weighted by Gasteiger charge is -2.11. The largest absolute Gasteiger partial charge is 0.462 e. The highest BCUT2D eigenvalue weighted by Gasteiger charge is 2.07. The number of ether oxygens (including phenoxy) is 1. The number of imidazole rings is 1. The van der Waals surface area contributed by atoms with Crippen molar-refractivity contribution >= 4 is 29.0 Å². The fourth-order valence-corrected chi connectivity index (χ4v) is 2.22. The highest BCUT2D eigenvalue weighted by Crippen LogP contribution is 2.11. The second-order valence-corrected chi connectivity index (χ2v) is 5.24. The number of carbonyl (C=O) groups is 1. The van der Waals surface area contributed by atoms with E-state index in [9.17, 15) is 4.79 Å². The van der Waals surface area contributed by atoms with Gasteiger partial charge in [-0.3, -0.25) is 0 Å². The van der Waals surface area contributed by atoms with E-state index < -0.39 is 0 Å². The number of rotatable bonds is 7. The van der Waals surface area contributed by atoms with E-state index in [-0.39, 0.29) is 5.97 Å². The van der Waals surface area contributed by atoms with Crippen molar-refractivity contribution in [1.29, 1.82) is 0 Å². The predicted molar refractivity (Wildman–Crippen MR) is 93.5 cm³/mol. The van der Waals surface area contributed by atoms with Gasteiger partial charge >= 0.3 is 5.97 Å². The lowest BCUT2D eigenvalue weighted by atomic mass is 10.2. The fraction of sp³-hybridized carbons (Fsp3) is 0.312. The van der Waals surface area contributed by atoms with Crippen LogP contribution in [-0.4, -0.2) is 33.8 Å². The van der Waals surface area contributed by atoms with Gasteiger partial charge in [0.25, 0.3) is 0 Å². The molecule has 0 saturated heterocycles. The molecule has 23 heavy (non-hydrogen) atoms. The lowest BCUT2D eigenvalue weighted by molar-refractivity contribution is 0.0526. The first kappa shape index (κ1) is 17.0. The average Bonchev–Trinajstić information content (AvgIpc) is 3.05. The van der Waals surface area contributed by atoms with Crippen LogP contribution in [0.1, 0.15) is 23.7 Å². The van der Waals surface area contributed by atoms with Gasteiger partial charge in [-0.25, -0.2) is 9.78 Å². The van der Waals surface area contributed by atoms with Crippen molar-refractivity contribution in [1.82, 2.24) is 14.9 Å². The third-order valence-electron chi connectivity index (χ3n) is 3.07. The second-order valence-electron chi connectivity index (χ2n) is 4.84. The number of thiocarbonyl (C=S) groups is 1. The summed E-state index contributed by atoms with van der Waals surface area (Å²) in [5, 5.41) is 6.73. The highest BCUT2D eigenvalue weighted by atomic mass is 32.1. The Morgan fingerprint density at radius 3 is 3.04 bits per heavy atom. The third kappa shape index (κ3) is 5.71. The smallest absolute Gasteiger partial charge is 0.338 e. The van der Waals surface area contributed by atoms with Crippen molar-refractivity contribution in [3.05, 3.63) is 48.5 Å². The number of aryl methyl sites for hydroxylation is 1. The molecule has 1 heterocycles. The summed E-state index contributed by atoms with van der Waals surface area (Å²) in [5.74, 6) is -0.338. The van der Waals surface area contributed by atoms with Crippen molar-refractivity contribution in [2.75, 3.05) is 18.5 Å². The number of aromatic nitrogens is 2. The van der Waals surface area contributed by atoms with Gasteiger partial charge in [-0.1, -0.05) is 6.07 Å². The van der Waals surface area contributed by atoms with Crippen LogP contribution in [0.15, 0.2) is 43.0 Å². The molecule has 0 unspecified atom stereocenters. The van der Waals surface area contributed by atoms with Gasteiger partial charge in [-0.15, -0.1) is 0 Å². The lowest BCUT2D eigenvalue weighted by Crippen LogP contribution is -2.29. The molecule has 1 aromatic heterocycles. The van der Waals surface area contributed by atoms with Gasteiger partial charge in [0.05, 0.1) is 18.5 Å². The Labute approximate surface area is 140 Å². The van der Waals surface area contributed by atoms with Gasteiger partial charge in [0.2, 0.25) is 0 Å². The molecule has 1 aromatic carbocycles. The molecule has 0 radical (unpaired) electrons. The van der Waals surface area contributed by atoms with Crippen LogP contribution in [0.2, 0.25) is 0 Å². The molecule has 0 aliphatic carbocycles. The highest BCUT2D eigenvalue weighted by molar-refractivity contribution is 7.80. The standard InChI is InChI=1S/C16H20N4O2S/c1-2-22-15(21)13-5-3-6-14(11-13)19-16(23)18-7-4-9-20-10-8-17-12-20/h3,5-6,8,10-12H,2,4,7,9H2,1H3,(H2,18,19,23). The molecule has 0 fully saturated rings. The molecule has 7 heteroatoms. The number of benzene rings is 1. The zero-order chi connectivity index (χ0) is 16.5. The monoisotopic (exact) mass is 332 g/mol. The van der Waals surface area contributed by atoms with Crippen LogP contribution < -0.4 is 10.6 Å². The molecule has 0 saturated carbocycles. The van der Waals surface area contributed by atoms with Gasteiger partial charge in [-0.2, -0.15) is 0 Å². The molecule has 6 nitrogen and oxygen atoms in total. The fourth-order valence-electron chi connectivity index (χ4n) is 2.00. The predicted octanol–water partition coefficient (Wildman–Crippen LogP) is 2.44. The molecule has 0 aliphatic heterocycles. The van der Waals surface area contributed by atoms with Gasteiger partial charge in [0.15, 0.2) is 5.11 Å². The minimum absolute atomic E-state index is 0.338. The molecule has 122 valence electrons. The van der Waals surface area contributed by atoms with Crippen LogP contribution in [0.3, 0.4) is 0 Å². The molecule has 0 spiro atoms. The zero-order valence-electron chi connectivity index (χ0n) is 13.0. The molecule has 0 aliphatic rings.